The fourth-order valence-corrected chi connectivity index (χ4v) is 2.73. The second kappa shape index (κ2) is 5.05. The molecule has 3 rings (SSSR count). The Hall–Kier alpha value is -2.62. The summed E-state index contributed by atoms with van der Waals surface area (Å²) in [6.07, 6.45) is 0. The van der Waals surface area contributed by atoms with Crippen LogP contribution in [-0.4, -0.2) is 21.3 Å². The van der Waals surface area contributed by atoms with E-state index in [-0.39, 0.29) is 0 Å². The van der Waals surface area contributed by atoms with Gasteiger partial charge in [0.25, 0.3) is 0 Å². The van der Waals surface area contributed by atoms with Crippen LogP contribution < -0.4 is 0 Å². The van der Waals surface area contributed by atoms with E-state index >= 15 is 0 Å². The molecule has 0 aliphatic carbocycles. The number of H-pyrrole nitrogens is 1. The lowest BCUT2D eigenvalue weighted by atomic mass is 9.91. The molecule has 1 heterocycles. The molecule has 4 heteroatoms. The van der Waals surface area contributed by atoms with Crippen molar-refractivity contribution in [2.24, 2.45) is 0 Å². The third kappa shape index (κ3) is 2.18. The Morgan fingerprint density at radius 2 is 1.90 bits per heavy atom. The van der Waals surface area contributed by atoms with Crippen molar-refractivity contribution in [1.82, 2.24) is 10.2 Å². The van der Waals surface area contributed by atoms with E-state index in [4.69, 9.17) is 0 Å². The summed E-state index contributed by atoms with van der Waals surface area (Å²) in [7, 11) is 0. The van der Waals surface area contributed by atoms with Crippen LogP contribution in [0, 0.1) is 6.92 Å². The molecule has 0 spiro atoms. The number of nitrogens with zero attached hydrogens (tertiary/aromatic N) is 1. The van der Waals surface area contributed by atoms with Gasteiger partial charge in [0.2, 0.25) is 0 Å². The fourth-order valence-electron chi connectivity index (χ4n) is 2.73. The Labute approximate surface area is 122 Å². The van der Waals surface area contributed by atoms with Crippen LogP contribution in [0.1, 0.15) is 24.0 Å². The minimum Gasteiger partial charge on any atom is -0.481 e. The SMILES string of the molecule is Cc1ccc2[nH]nc(-c3ccccc3)c2c1C(C)C(=O)O. The van der Waals surface area contributed by atoms with Gasteiger partial charge in [0.1, 0.15) is 5.69 Å². The summed E-state index contributed by atoms with van der Waals surface area (Å²) in [5, 5.41) is 17.7. The van der Waals surface area contributed by atoms with Gasteiger partial charge in [-0.2, -0.15) is 5.10 Å². The summed E-state index contributed by atoms with van der Waals surface area (Å²) in [6.45, 7) is 3.65. The average Bonchev–Trinajstić information content (AvgIpc) is 2.91. The average molecular weight is 280 g/mol. The maximum Gasteiger partial charge on any atom is 0.310 e. The van der Waals surface area contributed by atoms with Gasteiger partial charge in [0, 0.05) is 10.9 Å². The molecule has 0 radical (unpaired) electrons. The number of carbonyl (C=O) groups is 1. The van der Waals surface area contributed by atoms with E-state index in [0.717, 1.165) is 33.3 Å². The predicted octanol–water partition coefficient (Wildman–Crippen LogP) is 3.73. The molecule has 0 aliphatic rings. The van der Waals surface area contributed by atoms with Crippen molar-refractivity contribution in [3.05, 3.63) is 53.6 Å². The summed E-state index contributed by atoms with van der Waals surface area (Å²) < 4.78 is 0. The number of rotatable bonds is 3. The molecule has 4 nitrogen and oxygen atoms in total. The van der Waals surface area contributed by atoms with E-state index in [2.05, 4.69) is 10.2 Å². The van der Waals surface area contributed by atoms with Crippen molar-refractivity contribution in [3.63, 3.8) is 0 Å². The smallest absolute Gasteiger partial charge is 0.310 e. The van der Waals surface area contributed by atoms with Gasteiger partial charge < -0.3 is 5.11 Å². The van der Waals surface area contributed by atoms with E-state index in [1.54, 1.807) is 6.92 Å². The summed E-state index contributed by atoms with van der Waals surface area (Å²) in [5.41, 5.74) is 4.44. The minimum atomic E-state index is -0.828. The Kier molecular flexibility index (Phi) is 3.22. The quantitative estimate of drug-likeness (QED) is 0.768. The van der Waals surface area contributed by atoms with Gasteiger partial charge >= 0.3 is 5.97 Å². The van der Waals surface area contributed by atoms with Crippen molar-refractivity contribution in [2.45, 2.75) is 19.8 Å². The summed E-state index contributed by atoms with van der Waals surface area (Å²) in [4.78, 5) is 11.4. The van der Waals surface area contributed by atoms with Crippen molar-refractivity contribution >= 4 is 16.9 Å². The van der Waals surface area contributed by atoms with Crippen LogP contribution in [0.3, 0.4) is 0 Å². The molecule has 1 atom stereocenters. The highest BCUT2D eigenvalue weighted by Gasteiger charge is 2.22. The number of carboxylic acid groups (broad SMARTS) is 1. The van der Waals surface area contributed by atoms with E-state index in [1.165, 1.54) is 0 Å². The van der Waals surface area contributed by atoms with Crippen LogP contribution in [0.2, 0.25) is 0 Å². The second-order valence-electron chi connectivity index (χ2n) is 5.22. The normalized spacial score (nSPS) is 12.5. The van der Waals surface area contributed by atoms with Crippen LogP contribution in [0.5, 0.6) is 0 Å². The van der Waals surface area contributed by atoms with Crippen molar-refractivity contribution < 1.29 is 9.90 Å². The van der Waals surface area contributed by atoms with E-state index in [0.29, 0.717) is 0 Å². The molecule has 1 unspecified atom stereocenters. The molecule has 106 valence electrons. The Morgan fingerprint density at radius 1 is 1.19 bits per heavy atom. The van der Waals surface area contributed by atoms with Gasteiger partial charge in [-0.25, -0.2) is 0 Å². The van der Waals surface area contributed by atoms with Gasteiger partial charge in [0.05, 0.1) is 11.4 Å². The third-order valence-corrected chi connectivity index (χ3v) is 3.84. The van der Waals surface area contributed by atoms with Crippen molar-refractivity contribution in [1.29, 1.82) is 0 Å². The molecule has 0 saturated carbocycles. The number of aryl methyl sites for hydroxylation is 1. The molecule has 0 amide bonds. The van der Waals surface area contributed by atoms with Gasteiger partial charge in [-0.05, 0) is 31.0 Å². The Bertz CT molecular complexity index is 806. The highest BCUT2D eigenvalue weighted by molar-refractivity contribution is 5.99. The summed E-state index contributed by atoms with van der Waals surface area (Å²) in [5.74, 6) is -1.40. The summed E-state index contributed by atoms with van der Waals surface area (Å²) in [6, 6.07) is 13.7. The number of nitrogens with one attached hydrogen (secondary N) is 1. The topological polar surface area (TPSA) is 66.0 Å². The third-order valence-electron chi connectivity index (χ3n) is 3.84. The lowest BCUT2D eigenvalue weighted by Crippen LogP contribution is -2.09. The standard InChI is InChI=1S/C17H16N2O2/c1-10-8-9-13-15(14(10)11(2)17(20)21)16(19-18-13)12-6-4-3-5-7-12/h3-9,11H,1-2H3,(H,18,19)(H,20,21). The highest BCUT2D eigenvalue weighted by Crippen LogP contribution is 2.34. The number of fused-ring (bicyclic) bond motifs is 1. The van der Waals surface area contributed by atoms with Crippen molar-refractivity contribution in [3.8, 4) is 11.3 Å². The lowest BCUT2D eigenvalue weighted by molar-refractivity contribution is -0.138. The highest BCUT2D eigenvalue weighted by atomic mass is 16.4. The maximum atomic E-state index is 11.4. The molecular formula is C17H16N2O2. The zero-order valence-corrected chi connectivity index (χ0v) is 11.9. The molecule has 2 N–H and O–H groups in total. The van der Waals surface area contributed by atoms with Crippen LogP contribution >= 0.6 is 0 Å². The molecule has 2 aromatic carbocycles. The van der Waals surface area contributed by atoms with Gasteiger partial charge in [-0.3, -0.25) is 9.89 Å². The zero-order valence-electron chi connectivity index (χ0n) is 11.9. The first-order chi connectivity index (χ1) is 10.1. The molecule has 0 bridgehead atoms. The van der Waals surface area contributed by atoms with E-state index < -0.39 is 11.9 Å². The monoisotopic (exact) mass is 280 g/mol. The molecule has 1 aromatic heterocycles. The van der Waals surface area contributed by atoms with E-state index in [9.17, 15) is 9.90 Å². The fraction of sp³-hybridized carbons (Fsp3) is 0.176. The van der Waals surface area contributed by atoms with Crippen LogP contribution in [-0.2, 0) is 4.79 Å². The van der Waals surface area contributed by atoms with Crippen LogP contribution in [0.4, 0.5) is 0 Å². The van der Waals surface area contributed by atoms with Gasteiger partial charge in [-0.1, -0.05) is 36.4 Å². The summed E-state index contributed by atoms with van der Waals surface area (Å²) >= 11 is 0. The number of carboxylic acids is 1. The van der Waals surface area contributed by atoms with E-state index in [1.807, 2.05) is 49.4 Å². The lowest BCUT2D eigenvalue weighted by Gasteiger charge is -2.13. The molecule has 0 aliphatic heterocycles. The number of benzene rings is 2. The minimum absolute atomic E-state index is 0.575. The second-order valence-corrected chi connectivity index (χ2v) is 5.22. The zero-order chi connectivity index (χ0) is 15.0. The largest absolute Gasteiger partial charge is 0.481 e. The molecule has 0 fully saturated rings. The predicted molar refractivity (Wildman–Crippen MR) is 82.3 cm³/mol. The van der Waals surface area contributed by atoms with Crippen LogP contribution in [0.15, 0.2) is 42.5 Å². The number of aromatic amines is 1. The van der Waals surface area contributed by atoms with Gasteiger partial charge in [-0.15, -0.1) is 0 Å². The van der Waals surface area contributed by atoms with Crippen molar-refractivity contribution in [2.75, 3.05) is 0 Å². The maximum absolute atomic E-state index is 11.4. The molecule has 21 heavy (non-hydrogen) atoms. The molecular weight excluding hydrogens is 264 g/mol. The Morgan fingerprint density at radius 3 is 2.57 bits per heavy atom. The molecule has 0 saturated heterocycles. The number of hydrogen-bond donors (Lipinski definition) is 2. The first-order valence-corrected chi connectivity index (χ1v) is 6.85. The first kappa shape index (κ1) is 13.4. The number of hydrogen-bond acceptors (Lipinski definition) is 2. The van der Waals surface area contributed by atoms with Gasteiger partial charge in [0.15, 0.2) is 0 Å². The first-order valence-electron chi connectivity index (χ1n) is 6.85. The number of aromatic nitrogens is 2. The number of aliphatic carboxylic acids is 1. The Balaban J connectivity index is 2.34. The van der Waals surface area contributed by atoms with Crippen LogP contribution in [0.25, 0.3) is 22.2 Å². The molecule has 3 aromatic rings.